The van der Waals surface area contributed by atoms with Crippen LogP contribution in [0, 0.1) is 0 Å². The van der Waals surface area contributed by atoms with E-state index in [4.69, 9.17) is 5.11 Å². The molecule has 0 unspecified atom stereocenters. The minimum absolute atomic E-state index is 0. The number of aliphatic hydroxyl groups excluding tert-OH is 1. The highest BCUT2D eigenvalue weighted by Crippen LogP contribution is 2.26. The lowest BCUT2D eigenvalue weighted by atomic mass is 9.84. The van der Waals surface area contributed by atoms with Crippen molar-refractivity contribution in [3.8, 4) is 0 Å². The summed E-state index contributed by atoms with van der Waals surface area (Å²) in [6.45, 7) is 8.77. The zero-order valence-electron chi connectivity index (χ0n) is 8.85. The number of rotatable bonds is 1. The van der Waals surface area contributed by atoms with Crippen molar-refractivity contribution in [3.63, 3.8) is 0 Å². The zero-order valence-corrected chi connectivity index (χ0v) is 9.66. The Morgan fingerprint density at radius 2 is 1.92 bits per heavy atom. The van der Waals surface area contributed by atoms with Gasteiger partial charge in [-0.1, -0.05) is 6.08 Å². The van der Waals surface area contributed by atoms with Crippen LogP contribution >= 0.6 is 12.4 Å². The molecule has 3 heteroatoms. The van der Waals surface area contributed by atoms with E-state index in [9.17, 15) is 0 Å². The molecule has 0 aliphatic carbocycles. The molecule has 0 spiro atoms. The first-order valence-corrected chi connectivity index (χ1v) is 4.45. The quantitative estimate of drug-likeness (QED) is 0.641. The van der Waals surface area contributed by atoms with E-state index in [1.165, 1.54) is 0 Å². The molecule has 1 heterocycles. The Kier molecular flexibility index (Phi) is 3.97. The van der Waals surface area contributed by atoms with E-state index in [0.29, 0.717) is 0 Å². The lowest BCUT2D eigenvalue weighted by Crippen LogP contribution is -2.54. The van der Waals surface area contributed by atoms with Gasteiger partial charge in [-0.2, -0.15) is 0 Å². The first-order valence-electron chi connectivity index (χ1n) is 4.45. The molecule has 0 aromatic rings. The highest BCUT2D eigenvalue weighted by Gasteiger charge is 2.31. The average molecular weight is 206 g/mol. The molecule has 0 saturated carbocycles. The van der Waals surface area contributed by atoms with Gasteiger partial charge in [0.25, 0.3) is 0 Å². The second kappa shape index (κ2) is 3.99. The molecule has 1 aliphatic rings. The first-order chi connectivity index (χ1) is 5.35. The van der Waals surface area contributed by atoms with Gasteiger partial charge in [0, 0.05) is 11.1 Å². The van der Waals surface area contributed by atoms with Crippen LogP contribution in [0.5, 0.6) is 0 Å². The Bertz CT molecular complexity index is 209. The maximum Gasteiger partial charge on any atom is 0.0643 e. The second-order valence-corrected chi connectivity index (χ2v) is 4.87. The Morgan fingerprint density at radius 1 is 1.38 bits per heavy atom. The Labute approximate surface area is 86.8 Å². The third kappa shape index (κ3) is 3.67. The van der Waals surface area contributed by atoms with Crippen molar-refractivity contribution >= 4 is 12.4 Å². The molecule has 0 saturated heterocycles. The molecule has 1 rings (SSSR count). The number of hydrogen-bond acceptors (Lipinski definition) is 2. The van der Waals surface area contributed by atoms with Crippen molar-refractivity contribution in [3.05, 3.63) is 11.6 Å². The number of hydrogen-bond donors (Lipinski definition) is 2. The molecule has 78 valence electrons. The van der Waals surface area contributed by atoms with Gasteiger partial charge in [0.05, 0.1) is 6.61 Å². The summed E-state index contributed by atoms with van der Waals surface area (Å²) >= 11 is 0. The van der Waals surface area contributed by atoms with Crippen molar-refractivity contribution in [1.29, 1.82) is 0 Å². The minimum atomic E-state index is 0. The van der Waals surface area contributed by atoms with Gasteiger partial charge in [-0.05, 0) is 39.7 Å². The van der Waals surface area contributed by atoms with E-state index in [2.05, 4.69) is 39.1 Å². The standard InChI is InChI=1S/C10H19NO.ClH/c1-9(2)5-8(7-12)6-10(3,4)11-9;/h5,11-12H,6-7H2,1-4H3;1H. The van der Waals surface area contributed by atoms with Gasteiger partial charge >= 0.3 is 0 Å². The average Bonchev–Trinajstić information content (AvgIpc) is 1.80. The van der Waals surface area contributed by atoms with Crippen molar-refractivity contribution < 1.29 is 5.11 Å². The van der Waals surface area contributed by atoms with Crippen LogP contribution in [0.3, 0.4) is 0 Å². The maximum atomic E-state index is 9.06. The van der Waals surface area contributed by atoms with Crippen molar-refractivity contribution in [2.75, 3.05) is 6.61 Å². The molecule has 0 aromatic carbocycles. The van der Waals surface area contributed by atoms with Gasteiger partial charge in [-0.25, -0.2) is 0 Å². The molecule has 0 amide bonds. The Morgan fingerprint density at radius 3 is 2.31 bits per heavy atom. The predicted octanol–water partition coefficient (Wildman–Crippen LogP) is 1.88. The summed E-state index contributed by atoms with van der Waals surface area (Å²) in [5, 5.41) is 12.6. The number of halogens is 1. The Hall–Kier alpha value is -0.0500. The molecular formula is C10H20ClNO. The van der Waals surface area contributed by atoms with Crippen LogP contribution in [-0.2, 0) is 0 Å². The highest BCUT2D eigenvalue weighted by atomic mass is 35.5. The summed E-state index contributed by atoms with van der Waals surface area (Å²) in [5.41, 5.74) is 1.26. The molecule has 13 heavy (non-hydrogen) atoms. The largest absolute Gasteiger partial charge is 0.392 e. The minimum Gasteiger partial charge on any atom is -0.392 e. The lowest BCUT2D eigenvalue weighted by molar-refractivity contribution is 0.252. The zero-order chi connectivity index (χ0) is 9.41. The SMILES string of the molecule is CC1(C)C=C(CO)CC(C)(C)N1.Cl. The highest BCUT2D eigenvalue weighted by molar-refractivity contribution is 5.85. The van der Waals surface area contributed by atoms with E-state index in [1.807, 2.05) is 0 Å². The summed E-state index contributed by atoms with van der Waals surface area (Å²) in [6, 6.07) is 0. The van der Waals surface area contributed by atoms with Gasteiger partial charge in [0.15, 0.2) is 0 Å². The van der Waals surface area contributed by atoms with E-state index in [-0.39, 0.29) is 30.1 Å². The third-order valence-electron chi connectivity index (χ3n) is 2.10. The van der Waals surface area contributed by atoms with Crippen LogP contribution in [0.15, 0.2) is 11.6 Å². The first kappa shape index (κ1) is 12.9. The van der Waals surface area contributed by atoms with Crippen LogP contribution in [-0.4, -0.2) is 22.8 Å². The van der Waals surface area contributed by atoms with Gasteiger partial charge in [-0.3, -0.25) is 0 Å². The topological polar surface area (TPSA) is 32.3 Å². The molecule has 2 nitrogen and oxygen atoms in total. The van der Waals surface area contributed by atoms with Gasteiger partial charge in [-0.15, -0.1) is 12.4 Å². The Balaban J connectivity index is 0.00000144. The molecule has 0 fully saturated rings. The molecule has 0 atom stereocenters. The van der Waals surface area contributed by atoms with Gasteiger partial charge < -0.3 is 10.4 Å². The summed E-state index contributed by atoms with van der Waals surface area (Å²) in [7, 11) is 0. The van der Waals surface area contributed by atoms with E-state index < -0.39 is 0 Å². The fraction of sp³-hybridized carbons (Fsp3) is 0.800. The molecule has 0 aromatic heterocycles. The lowest BCUT2D eigenvalue weighted by Gasteiger charge is -2.41. The fourth-order valence-corrected chi connectivity index (χ4v) is 2.18. The van der Waals surface area contributed by atoms with Crippen LogP contribution in [0.2, 0.25) is 0 Å². The second-order valence-electron chi connectivity index (χ2n) is 4.87. The molecule has 1 aliphatic heterocycles. The van der Waals surface area contributed by atoms with E-state index >= 15 is 0 Å². The fourth-order valence-electron chi connectivity index (χ4n) is 2.18. The summed E-state index contributed by atoms with van der Waals surface area (Å²) in [6.07, 6.45) is 3.06. The van der Waals surface area contributed by atoms with E-state index in [1.54, 1.807) is 0 Å². The van der Waals surface area contributed by atoms with Gasteiger partial charge in [0.2, 0.25) is 0 Å². The van der Waals surface area contributed by atoms with E-state index in [0.717, 1.165) is 12.0 Å². The molecule has 2 N–H and O–H groups in total. The summed E-state index contributed by atoms with van der Waals surface area (Å²) < 4.78 is 0. The van der Waals surface area contributed by atoms with Crippen molar-refractivity contribution in [1.82, 2.24) is 5.32 Å². The maximum absolute atomic E-state index is 9.06. The van der Waals surface area contributed by atoms with Crippen LogP contribution in [0.1, 0.15) is 34.1 Å². The number of nitrogens with one attached hydrogen (secondary N) is 1. The monoisotopic (exact) mass is 205 g/mol. The van der Waals surface area contributed by atoms with Gasteiger partial charge in [0.1, 0.15) is 0 Å². The number of aliphatic hydroxyl groups is 1. The van der Waals surface area contributed by atoms with Crippen molar-refractivity contribution in [2.45, 2.75) is 45.2 Å². The summed E-state index contributed by atoms with van der Waals surface area (Å²) in [5.74, 6) is 0. The molecule has 0 bridgehead atoms. The van der Waals surface area contributed by atoms with Crippen molar-refractivity contribution in [2.24, 2.45) is 0 Å². The smallest absolute Gasteiger partial charge is 0.0643 e. The van der Waals surface area contributed by atoms with Crippen LogP contribution in [0.25, 0.3) is 0 Å². The van der Waals surface area contributed by atoms with Crippen LogP contribution < -0.4 is 5.32 Å². The normalized spacial score (nSPS) is 24.5. The third-order valence-corrected chi connectivity index (χ3v) is 2.10. The summed E-state index contributed by atoms with van der Waals surface area (Å²) in [4.78, 5) is 0. The molecule has 0 radical (unpaired) electrons. The molecular weight excluding hydrogens is 186 g/mol. The van der Waals surface area contributed by atoms with Crippen LogP contribution in [0.4, 0.5) is 0 Å². The predicted molar refractivity (Wildman–Crippen MR) is 58.3 cm³/mol.